The van der Waals surface area contributed by atoms with Gasteiger partial charge in [0.15, 0.2) is 11.7 Å². The van der Waals surface area contributed by atoms with Gasteiger partial charge in [-0.05, 0) is 36.8 Å². The molecule has 0 radical (unpaired) electrons. The molecular formula is C17H18FNO3. The van der Waals surface area contributed by atoms with E-state index in [1.165, 1.54) is 12.1 Å². The second-order valence-corrected chi connectivity index (χ2v) is 5.54. The first kappa shape index (κ1) is 14.8. The van der Waals surface area contributed by atoms with Gasteiger partial charge in [-0.15, -0.1) is 0 Å². The third kappa shape index (κ3) is 2.53. The minimum absolute atomic E-state index is 0.00770. The van der Waals surface area contributed by atoms with E-state index in [4.69, 9.17) is 15.2 Å². The summed E-state index contributed by atoms with van der Waals surface area (Å²) in [6.07, 6.45) is -0.674. The SMILES string of the molecule is Cc1cc(F)ccc1OC1c2ccccc2OCC1(O)CN. The van der Waals surface area contributed by atoms with Gasteiger partial charge in [-0.1, -0.05) is 18.2 Å². The standard InChI is InChI=1S/C17H18FNO3/c1-11-8-12(18)6-7-14(11)22-16-13-4-2-3-5-15(13)21-10-17(16,20)9-19/h2-8,16,20H,9-10,19H2,1H3. The van der Waals surface area contributed by atoms with Gasteiger partial charge < -0.3 is 20.3 Å². The zero-order valence-electron chi connectivity index (χ0n) is 12.3. The average molecular weight is 303 g/mol. The van der Waals surface area contributed by atoms with E-state index >= 15 is 0 Å². The molecule has 2 unspecified atom stereocenters. The molecule has 0 aromatic heterocycles. The zero-order valence-corrected chi connectivity index (χ0v) is 12.3. The highest BCUT2D eigenvalue weighted by atomic mass is 19.1. The Kier molecular flexibility index (Phi) is 3.76. The number of aliphatic hydroxyl groups is 1. The van der Waals surface area contributed by atoms with Crippen LogP contribution >= 0.6 is 0 Å². The van der Waals surface area contributed by atoms with E-state index in [1.807, 2.05) is 24.3 Å². The molecular weight excluding hydrogens is 285 g/mol. The monoisotopic (exact) mass is 303 g/mol. The first-order chi connectivity index (χ1) is 10.5. The highest BCUT2D eigenvalue weighted by Crippen LogP contribution is 2.40. The molecule has 116 valence electrons. The van der Waals surface area contributed by atoms with Crippen LogP contribution in [-0.2, 0) is 0 Å². The topological polar surface area (TPSA) is 64.7 Å². The van der Waals surface area contributed by atoms with Crippen molar-refractivity contribution in [3.8, 4) is 11.5 Å². The van der Waals surface area contributed by atoms with Crippen molar-refractivity contribution in [3.05, 3.63) is 59.4 Å². The normalized spacial score (nSPS) is 23.5. The number of fused-ring (bicyclic) bond motifs is 1. The second-order valence-electron chi connectivity index (χ2n) is 5.54. The first-order valence-electron chi connectivity index (χ1n) is 7.10. The summed E-state index contributed by atoms with van der Waals surface area (Å²) in [5, 5.41) is 10.7. The summed E-state index contributed by atoms with van der Waals surface area (Å²) in [4.78, 5) is 0. The Bertz CT molecular complexity index is 691. The maximum absolute atomic E-state index is 13.2. The number of hydrogen-bond donors (Lipinski definition) is 2. The highest BCUT2D eigenvalue weighted by Gasteiger charge is 2.44. The van der Waals surface area contributed by atoms with Gasteiger partial charge in [-0.3, -0.25) is 0 Å². The van der Waals surface area contributed by atoms with E-state index in [-0.39, 0.29) is 19.0 Å². The van der Waals surface area contributed by atoms with Crippen molar-refractivity contribution in [2.24, 2.45) is 5.73 Å². The molecule has 4 nitrogen and oxygen atoms in total. The lowest BCUT2D eigenvalue weighted by Crippen LogP contribution is -2.52. The number of rotatable bonds is 3. The maximum atomic E-state index is 13.2. The molecule has 1 aliphatic rings. The van der Waals surface area contributed by atoms with Crippen LogP contribution in [0.5, 0.6) is 11.5 Å². The number of aryl methyl sites for hydroxylation is 1. The summed E-state index contributed by atoms with van der Waals surface area (Å²) in [6.45, 7) is 1.79. The van der Waals surface area contributed by atoms with Gasteiger partial charge in [0.25, 0.3) is 0 Å². The quantitative estimate of drug-likeness (QED) is 0.913. The molecule has 0 amide bonds. The lowest BCUT2D eigenvalue weighted by Gasteiger charge is -2.39. The van der Waals surface area contributed by atoms with E-state index in [2.05, 4.69) is 0 Å². The fourth-order valence-electron chi connectivity index (χ4n) is 2.61. The molecule has 2 atom stereocenters. The second kappa shape index (κ2) is 5.59. The fraction of sp³-hybridized carbons (Fsp3) is 0.294. The van der Waals surface area contributed by atoms with E-state index in [0.717, 1.165) is 5.56 Å². The largest absolute Gasteiger partial charge is 0.490 e. The van der Waals surface area contributed by atoms with E-state index in [0.29, 0.717) is 17.1 Å². The smallest absolute Gasteiger partial charge is 0.160 e. The Labute approximate surface area is 128 Å². The van der Waals surface area contributed by atoms with Gasteiger partial charge in [-0.25, -0.2) is 4.39 Å². The van der Waals surface area contributed by atoms with Crippen LogP contribution in [-0.4, -0.2) is 23.9 Å². The maximum Gasteiger partial charge on any atom is 0.160 e. The highest BCUT2D eigenvalue weighted by molar-refractivity contribution is 5.41. The molecule has 1 heterocycles. The molecule has 0 fully saturated rings. The van der Waals surface area contributed by atoms with Gasteiger partial charge in [-0.2, -0.15) is 0 Å². The molecule has 5 heteroatoms. The summed E-state index contributed by atoms with van der Waals surface area (Å²) in [7, 11) is 0. The van der Waals surface area contributed by atoms with Crippen molar-refractivity contribution in [1.82, 2.24) is 0 Å². The number of nitrogens with two attached hydrogens (primary N) is 1. The van der Waals surface area contributed by atoms with Crippen molar-refractivity contribution in [2.75, 3.05) is 13.2 Å². The molecule has 2 aromatic carbocycles. The first-order valence-corrected chi connectivity index (χ1v) is 7.10. The Hall–Kier alpha value is -2.11. The van der Waals surface area contributed by atoms with Gasteiger partial charge in [0, 0.05) is 12.1 Å². The fourth-order valence-corrected chi connectivity index (χ4v) is 2.61. The number of hydrogen-bond acceptors (Lipinski definition) is 4. The number of benzene rings is 2. The Balaban J connectivity index is 2.01. The van der Waals surface area contributed by atoms with Crippen molar-refractivity contribution in [2.45, 2.75) is 18.6 Å². The van der Waals surface area contributed by atoms with Crippen molar-refractivity contribution >= 4 is 0 Å². The van der Waals surface area contributed by atoms with E-state index in [9.17, 15) is 9.50 Å². The number of ether oxygens (including phenoxy) is 2. The van der Waals surface area contributed by atoms with Crippen LogP contribution in [0.3, 0.4) is 0 Å². The minimum Gasteiger partial charge on any atom is -0.490 e. The van der Waals surface area contributed by atoms with Gasteiger partial charge in [0.05, 0.1) is 0 Å². The summed E-state index contributed by atoms with van der Waals surface area (Å²) in [5.41, 5.74) is 5.78. The van der Waals surface area contributed by atoms with Crippen LogP contribution in [0.25, 0.3) is 0 Å². The number of para-hydroxylation sites is 1. The van der Waals surface area contributed by atoms with E-state index < -0.39 is 11.7 Å². The molecule has 22 heavy (non-hydrogen) atoms. The molecule has 3 N–H and O–H groups in total. The summed E-state index contributed by atoms with van der Waals surface area (Å²) >= 11 is 0. The third-order valence-electron chi connectivity index (χ3n) is 3.90. The van der Waals surface area contributed by atoms with Crippen LogP contribution in [0, 0.1) is 12.7 Å². The van der Waals surface area contributed by atoms with Gasteiger partial charge >= 0.3 is 0 Å². The van der Waals surface area contributed by atoms with Crippen LogP contribution in [0.4, 0.5) is 4.39 Å². The van der Waals surface area contributed by atoms with Crippen LogP contribution in [0.1, 0.15) is 17.2 Å². The molecule has 0 saturated carbocycles. The third-order valence-corrected chi connectivity index (χ3v) is 3.90. The molecule has 1 aliphatic heterocycles. The minimum atomic E-state index is -1.34. The van der Waals surface area contributed by atoms with Crippen molar-refractivity contribution in [1.29, 1.82) is 0 Å². The zero-order chi connectivity index (χ0) is 15.7. The summed E-state index contributed by atoms with van der Waals surface area (Å²) in [5.74, 6) is 0.840. The lowest BCUT2D eigenvalue weighted by atomic mass is 9.88. The summed E-state index contributed by atoms with van der Waals surface area (Å²) in [6, 6.07) is 11.6. The van der Waals surface area contributed by atoms with Gasteiger partial charge in [0.1, 0.15) is 23.9 Å². The predicted molar refractivity (Wildman–Crippen MR) is 80.4 cm³/mol. The number of halogens is 1. The molecule has 0 bridgehead atoms. The van der Waals surface area contributed by atoms with Gasteiger partial charge in [0.2, 0.25) is 0 Å². The van der Waals surface area contributed by atoms with Crippen molar-refractivity contribution in [3.63, 3.8) is 0 Å². The molecule has 0 saturated heterocycles. The Morgan fingerprint density at radius 3 is 2.86 bits per heavy atom. The predicted octanol–water partition coefficient (Wildman–Crippen LogP) is 2.34. The van der Waals surface area contributed by atoms with Crippen LogP contribution in [0.15, 0.2) is 42.5 Å². The molecule has 3 rings (SSSR count). The molecule has 0 spiro atoms. The van der Waals surface area contributed by atoms with Crippen LogP contribution in [0.2, 0.25) is 0 Å². The molecule has 2 aromatic rings. The lowest BCUT2D eigenvalue weighted by molar-refractivity contribution is -0.0969. The Morgan fingerprint density at radius 1 is 1.36 bits per heavy atom. The Morgan fingerprint density at radius 2 is 2.14 bits per heavy atom. The molecule has 0 aliphatic carbocycles. The van der Waals surface area contributed by atoms with Crippen LogP contribution < -0.4 is 15.2 Å². The van der Waals surface area contributed by atoms with Crippen molar-refractivity contribution < 1.29 is 19.0 Å². The van der Waals surface area contributed by atoms with E-state index in [1.54, 1.807) is 13.0 Å². The summed E-state index contributed by atoms with van der Waals surface area (Å²) < 4.78 is 24.8. The average Bonchev–Trinajstić information content (AvgIpc) is 2.52.